The number of thioether (sulfide) groups is 1. The molecule has 3 heterocycles. The van der Waals surface area contributed by atoms with Gasteiger partial charge in [0.1, 0.15) is 5.82 Å². The van der Waals surface area contributed by atoms with E-state index in [0.717, 1.165) is 56.3 Å². The molecule has 6 nitrogen and oxygen atoms in total. The lowest BCUT2D eigenvalue weighted by molar-refractivity contribution is 0.259. The average molecular weight is 452 g/mol. The van der Waals surface area contributed by atoms with Crippen LogP contribution in [0.15, 0.2) is 58.2 Å². The van der Waals surface area contributed by atoms with Gasteiger partial charge in [-0.25, -0.2) is 0 Å². The normalized spacial score (nSPS) is 15.1. The molecule has 1 aliphatic heterocycles. The minimum Gasteiger partial charge on any atom is -0.411 e. The Morgan fingerprint density at radius 2 is 1.81 bits per heavy atom. The molecule has 1 aliphatic rings. The lowest BCUT2D eigenvalue weighted by Crippen LogP contribution is -2.46. The molecule has 0 amide bonds. The fourth-order valence-electron chi connectivity index (χ4n) is 3.81. The number of rotatable bonds is 7. The van der Waals surface area contributed by atoms with Crippen molar-refractivity contribution in [2.24, 2.45) is 0 Å². The monoisotopic (exact) mass is 451 g/mol. The minimum atomic E-state index is 0.591. The van der Waals surface area contributed by atoms with Crippen molar-refractivity contribution in [1.82, 2.24) is 19.5 Å². The molecule has 0 N–H and O–H groups in total. The summed E-state index contributed by atoms with van der Waals surface area (Å²) in [4.78, 5) is 4.96. The zero-order valence-electron chi connectivity index (χ0n) is 17.5. The molecule has 2 aromatic carbocycles. The smallest absolute Gasteiger partial charge is 0.276 e. The Bertz CT molecular complexity index is 1130. The lowest BCUT2D eigenvalue weighted by atomic mass is 10.1. The highest BCUT2D eigenvalue weighted by molar-refractivity contribution is 7.99. The van der Waals surface area contributed by atoms with Crippen molar-refractivity contribution in [2.45, 2.75) is 18.6 Å². The molecule has 160 valence electrons. The number of nitrogens with zero attached hydrogens (tertiary/aromatic N) is 5. The zero-order valence-corrected chi connectivity index (χ0v) is 19.2. The van der Waals surface area contributed by atoms with E-state index in [9.17, 15) is 0 Å². The van der Waals surface area contributed by atoms with Crippen LogP contribution in [0.1, 0.15) is 12.0 Å². The van der Waals surface area contributed by atoms with Crippen LogP contribution in [-0.2, 0) is 0 Å². The van der Waals surface area contributed by atoms with Gasteiger partial charge in [0.05, 0.1) is 4.70 Å². The van der Waals surface area contributed by atoms with Crippen molar-refractivity contribution in [3.63, 3.8) is 0 Å². The van der Waals surface area contributed by atoms with Gasteiger partial charge in [-0.2, -0.15) is 4.37 Å². The number of hydrogen-bond donors (Lipinski definition) is 0. The molecule has 0 spiro atoms. The summed E-state index contributed by atoms with van der Waals surface area (Å²) in [6.45, 7) is 7.38. The highest BCUT2D eigenvalue weighted by Gasteiger charge is 2.20. The van der Waals surface area contributed by atoms with Crippen LogP contribution >= 0.6 is 23.3 Å². The van der Waals surface area contributed by atoms with Gasteiger partial charge in [0.25, 0.3) is 5.22 Å². The lowest BCUT2D eigenvalue weighted by Gasteiger charge is -2.35. The second-order valence-corrected chi connectivity index (χ2v) is 9.62. The maximum absolute atomic E-state index is 5.81. The fraction of sp³-hybridized carbons (Fsp3) is 0.348. The van der Waals surface area contributed by atoms with Crippen LogP contribution in [0.4, 0.5) is 5.82 Å². The van der Waals surface area contributed by atoms with E-state index in [4.69, 9.17) is 8.79 Å². The third-order valence-corrected chi connectivity index (χ3v) is 7.30. The van der Waals surface area contributed by atoms with E-state index in [1.54, 1.807) is 23.3 Å². The first-order valence-corrected chi connectivity index (χ1v) is 12.4. The largest absolute Gasteiger partial charge is 0.411 e. The first-order valence-electron chi connectivity index (χ1n) is 10.6. The van der Waals surface area contributed by atoms with Crippen molar-refractivity contribution >= 4 is 39.2 Å². The summed E-state index contributed by atoms with van der Waals surface area (Å²) < 4.78 is 11.8. The van der Waals surface area contributed by atoms with Gasteiger partial charge in [0.2, 0.25) is 5.89 Å². The molecule has 1 fully saturated rings. The quantitative estimate of drug-likeness (QED) is 0.291. The van der Waals surface area contributed by atoms with Crippen LogP contribution in [0.5, 0.6) is 0 Å². The molecule has 4 aromatic rings. The summed E-state index contributed by atoms with van der Waals surface area (Å²) in [5.41, 5.74) is 2.19. The second-order valence-electron chi connectivity index (χ2n) is 7.77. The zero-order chi connectivity index (χ0) is 21.0. The maximum Gasteiger partial charge on any atom is 0.276 e. The standard InChI is InChI=1S/C23H25N5OS2/c1-17-7-9-18(10-8-17)22-24-25-23(29-22)30-16-4-11-27-12-14-28(15-13-27)21-19-5-2-3-6-20(19)31-26-21/h2-3,5-10H,4,11-16H2,1H3. The number of fused-ring (bicyclic) bond motifs is 1. The van der Waals surface area contributed by atoms with Crippen molar-refractivity contribution in [1.29, 1.82) is 0 Å². The van der Waals surface area contributed by atoms with Crippen LogP contribution in [-0.4, -0.2) is 57.9 Å². The van der Waals surface area contributed by atoms with Crippen molar-refractivity contribution in [3.8, 4) is 11.5 Å². The summed E-state index contributed by atoms with van der Waals surface area (Å²) >= 11 is 3.24. The maximum atomic E-state index is 5.81. The van der Waals surface area contributed by atoms with Gasteiger partial charge in [-0.05, 0) is 55.7 Å². The molecule has 0 aliphatic carbocycles. The molecular weight excluding hydrogens is 426 g/mol. The molecule has 1 saturated heterocycles. The molecule has 5 rings (SSSR count). The Balaban J connectivity index is 1.06. The van der Waals surface area contributed by atoms with Gasteiger partial charge in [-0.15, -0.1) is 10.2 Å². The summed E-state index contributed by atoms with van der Waals surface area (Å²) in [6.07, 6.45) is 1.10. The van der Waals surface area contributed by atoms with Gasteiger partial charge >= 0.3 is 0 Å². The Morgan fingerprint density at radius 1 is 1.00 bits per heavy atom. The van der Waals surface area contributed by atoms with Crippen LogP contribution < -0.4 is 4.90 Å². The molecule has 0 bridgehead atoms. The van der Waals surface area contributed by atoms with Gasteiger partial charge in [0.15, 0.2) is 0 Å². The molecule has 8 heteroatoms. The molecule has 31 heavy (non-hydrogen) atoms. The SMILES string of the molecule is Cc1ccc(-c2nnc(SCCCN3CCN(c4nsc5ccccc45)CC3)o2)cc1. The van der Waals surface area contributed by atoms with Crippen molar-refractivity contribution in [2.75, 3.05) is 43.4 Å². The predicted molar refractivity (Wildman–Crippen MR) is 128 cm³/mol. The number of anilines is 1. The van der Waals surface area contributed by atoms with Crippen LogP contribution in [0.25, 0.3) is 21.5 Å². The van der Waals surface area contributed by atoms with Gasteiger partial charge in [-0.3, -0.25) is 4.90 Å². The molecule has 0 atom stereocenters. The highest BCUT2D eigenvalue weighted by atomic mass is 32.2. The summed E-state index contributed by atoms with van der Waals surface area (Å²) in [5, 5.41) is 10.3. The van der Waals surface area contributed by atoms with E-state index >= 15 is 0 Å². The first kappa shape index (κ1) is 20.5. The second kappa shape index (κ2) is 9.38. The summed E-state index contributed by atoms with van der Waals surface area (Å²) in [7, 11) is 0. The average Bonchev–Trinajstić information content (AvgIpc) is 3.45. The topological polar surface area (TPSA) is 58.3 Å². The fourth-order valence-corrected chi connectivity index (χ4v) is 5.29. The van der Waals surface area contributed by atoms with Crippen LogP contribution in [0.3, 0.4) is 0 Å². The number of aromatic nitrogens is 3. The van der Waals surface area contributed by atoms with E-state index < -0.39 is 0 Å². The molecule has 0 saturated carbocycles. The molecular formula is C23H25N5OS2. The van der Waals surface area contributed by atoms with E-state index in [1.807, 2.05) is 12.1 Å². The number of hydrogen-bond acceptors (Lipinski definition) is 8. The van der Waals surface area contributed by atoms with E-state index in [-0.39, 0.29) is 0 Å². The third kappa shape index (κ3) is 4.76. The number of aryl methyl sites for hydroxylation is 1. The van der Waals surface area contributed by atoms with Gasteiger partial charge < -0.3 is 9.32 Å². The van der Waals surface area contributed by atoms with E-state index in [2.05, 4.69) is 63.3 Å². The number of benzene rings is 2. The Labute approximate surface area is 190 Å². The molecule has 0 unspecified atom stereocenters. The van der Waals surface area contributed by atoms with Crippen molar-refractivity contribution < 1.29 is 4.42 Å². The highest BCUT2D eigenvalue weighted by Crippen LogP contribution is 2.30. The Kier molecular flexibility index (Phi) is 6.20. The minimum absolute atomic E-state index is 0.591. The summed E-state index contributed by atoms with van der Waals surface area (Å²) in [5.74, 6) is 2.72. The molecule has 2 aromatic heterocycles. The number of piperazine rings is 1. The van der Waals surface area contributed by atoms with Crippen molar-refractivity contribution in [3.05, 3.63) is 54.1 Å². The third-order valence-electron chi connectivity index (χ3n) is 5.58. The first-order chi connectivity index (χ1) is 15.3. The Morgan fingerprint density at radius 3 is 2.65 bits per heavy atom. The van der Waals surface area contributed by atoms with Crippen LogP contribution in [0.2, 0.25) is 0 Å². The van der Waals surface area contributed by atoms with Crippen LogP contribution in [0, 0.1) is 6.92 Å². The van der Waals surface area contributed by atoms with Gasteiger partial charge in [0, 0.05) is 42.9 Å². The van der Waals surface area contributed by atoms with E-state index in [0.29, 0.717) is 11.1 Å². The predicted octanol–water partition coefficient (Wildman–Crippen LogP) is 4.96. The Hall–Kier alpha value is -2.42. The van der Waals surface area contributed by atoms with E-state index in [1.165, 1.54) is 15.6 Å². The van der Waals surface area contributed by atoms with Gasteiger partial charge in [-0.1, -0.05) is 41.6 Å². The molecule has 0 radical (unpaired) electrons. The summed E-state index contributed by atoms with van der Waals surface area (Å²) in [6, 6.07) is 16.7.